The van der Waals surface area contributed by atoms with Gasteiger partial charge in [0.2, 0.25) is 0 Å². The molecule has 7 fully saturated rings. The molecule has 9 aromatic rings. The number of ketones is 1. The van der Waals surface area contributed by atoms with Gasteiger partial charge >= 0.3 is 0 Å². The average Bonchev–Trinajstić information content (AvgIpc) is 0.842. The molecule has 3 aliphatic heterocycles. The van der Waals surface area contributed by atoms with Crippen molar-refractivity contribution in [2.45, 2.75) is 172 Å². The molecule has 9 nitrogen and oxygen atoms in total. The monoisotopic (exact) mass is 1830 g/mol. The molecular weight excluding hydrogens is 1730 g/mol. The zero-order valence-electron chi connectivity index (χ0n) is 68.4. The van der Waals surface area contributed by atoms with Gasteiger partial charge < -0.3 is 24.9 Å². The predicted octanol–water partition coefficient (Wildman–Crippen LogP) is 28.8. The predicted molar refractivity (Wildman–Crippen MR) is 509 cm³/mol. The molecule has 0 radical (unpaired) electrons. The fourth-order valence-corrected chi connectivity index (χ4v) is 23.0. The van der Waals surface area contributed by atoms with Crippen LogP contribution in [0.3, 0.4) is 0 Å². The Bertz CT molecular complexity index is 4770. The lowest BCUT2D eigenvalue weighted by Crippen LogP contribution is -2.57. The van der Waals surface area contributed by atoms with Crippen molar-refractivity contribution in [3.63, 3.8) is 0 Å². The van der Waals surface area contributed by atoms with Crippen molar-refractivity contribution in [3.05, 3.63) is 288 Å². The van der Waals surface area contributed by atoms with Gasteiger partial charge in [-0.25, -0.2) is 0 Å². The van der Waals surface area contributed by atoms with Gasteiger partial charge in [-0.15, -0.1) is 0 Å². The molecule has 1 N–H and O–H groups in total. The van der Waals surface area contributed by atoms with Crippen LogP contribution in [0.15, 0.2) is 194 Å². The number of hydrogen-bond donors (Lipinski definition) is 1. The van der Waals surface area contributed by atoms with Crippen molar-refractivity contribution in [1.29, 1.82) is 0 Å². The van der Waals surface area contributed by atoms with Gasteiger partial charge in [-0.05, 0) is 282 Å². The Balaban J connectivity index is 0.000000130. The number of nitrogens with zero attached hydrogens (tertiary/aromatic N) is 7. The van der Waals surface area contributed by atoms with Gasteiger partial charge in [0.05, 0.1) is 67.0 Å². The molecule has 0 amide bonds. The molecule has 4 unspecified atom stereocenters. The summed E-state index contributed by atoms with van der Waals surface area (Å²) in [4.78, 5) is 29.6. The Morgan fingerprint density at radius 2 is 0.773 bits per heavy atom. The van der Waals surface area contributed by atoms with Crippen molar-refractivity contribution in [2.75, 3.05) is 92.5 Å². The maximum absolute atomic E-state index is 11.7. The third-order valence-electron chi connectivity index (χ3n) is 27.0. The van der Waals surface area contributed by atoms with Crippen LogP contribution in [0.5, 0.6) is 0 Å². The number of carbonyl (C=O) groups excluding carboxylic acids is 1. The number of carbonyl (C=O) groups is 1. The number of benzene rings is 9. The second kappa shape index (κ2) is 42.4. The number of halogens is 12. The summed E-state index contributed by atoms with van der Waals surface area (Å²) in [5.74, 6) is 4.02. The number of fused-ring (bicyclic) bond motifs is 3. The van der Waals surface area contributed by atoms with Gasteiger partial charge in [-0.3, -0.25) is 19.5 Å². The minimum Gasteiger partial charge on any atom is -0.376 e. The number of hydrogen-bond acceptors (Lipinski definition) is 9. The summed E-state index contributed by atoms with van der Waals surface area (Å²) in [6.45, 7) is 16.3. The first kappa shape index (κ1) is 90.4. The van der Waals surface area contributed by atoms with Gasteiger partial charge in [-0.2, -0.15) is 0 Å². The topological polar surface area (TPSA) is 51.8 Å². The molecule has 8 aliphatic rings. The van der Waals surface area contributed by atoms with Crippen LogP contribution in [0.25, 0.3) is 0 Å². The summed E-state index contributed by atoms with van der Waals surface area (Å²) < 4.78 is 0. The van der Waals surface area contributed by atoms with E-state index < -0.39 is 0 Å². The largest absolute Gasteiger partial charge is 0.376 e. The van der Waals surface area contributed by atoms with E-state index in [0.29, 0.717) is 64.1 Å². The molecule has 17 rings (SSSR count). The van der Waals surface area contributed by atoms with Crippen molar-refractivity contribution in [2.24, 2.45) is 29.6 Å². The highest BCUT2D eigenvalue weighted by molar-refractivity contribution is 6.38. The van der Waals surface area contributed by atoms with E-state index in [1.807, 2.05) is 115 Å². The Morgan fingerprint density at radius 1 is 0.403 bits per heavy atom. The van der Waals surface area contributed by atoms with Crippen LogP contribution in [0.2, 0.25) is 60.3 Å². The summed E-state index contributed by atoms with van der Waals surface area (Å²) in [6.07, 6.45) is 20.2. The van der Waals surface area contributed by atoms with Crippen molar-refractivity contribution in [1.82, 2.24) is 19.6 Å². The maximum atomic E-state index is 11.7. The summed E-state index contributed by atoms with van der Waals surface area (Å²) in [5.41, 5.74) is 12.0. The van der Waals surface area contributed by atoms with Crippen LogP contribution in [0.4, 0.5) is 22.7 Å². The first-order chi connectivity index (χ1) is 57.4. The van der Waals surface area contributed by atoms with Crippen LogP contribution in [0.1, 0.15) is 168 Å². The highest BCUT2D eigenvalue weighted by atomic mass is 35.5. The van der Waals surface area contributed by atoms with E-state index in [1.165, 1.54) is 92.0 Å². The number of anilines is 4. The quantitative estimate of drug-likeness (QED) is 0.0961. The minimum atomic E-state index is 0.0430. The molecule has 3 saturated heterocycles. The molecule has 5 aliphatic carbocycles. The van der Waals surface area contributed by atoms with Crippen LogP contribution < -0.4 is 20.0 Å². The normalized spacial score (nSPS) is 24.0. The standard InChI is InChI=1S/C25H29Cl3N2.C25H23Cl3N2.C25H31Cl3N2.C23H27Cl3N2O/c26-20-9-7-17(8-10-20)24-16-29(25-18-3-1-4-19(25)6-2-5-18)13-14-30(24)23-12-11-21(27)15-22(23)28;26-20-7-5-17(6-8-20)25-16-29(22-13-18-3-1-2-4-19(18)14-22)11-12-30(25)24-10-9-21(27)15-23(24)28;1-17(2)18-5-10-22(11-6-18)29-13-14-30(24-12-9-21(27)15-23(24)28)25(16-29)19-3-7-20(26)8-4-19;1-15(29)16-5-10-20(11-6-16)28(2)14-23(17-3-7-18(24)8-4-17)27-22-12-9-19(25)13-21(22)26/h7-12,15,18-19,24-25H,1-6,13-14,16H2;1-10,15,22,25H,11-14,16H2;3-4,7-9,12,15,17-18,22,25H,5-6,10-11,13-14,16H2,1-2H3;3-4,7-9,12-13,16,20,23,27H,5-6,10-11,14H2,1-2H3. The molecule has 0 spiro atoms. The van der Waals surface area contributed by atoms with E-state index in [1.54, 1.807) is 13.0 Å². The lowest BCUT2D eigenvalue weighted by molar-refractivity contribution is -0.122. The zero-order valence-corrected chi connectivity index (χ0v) is 77.5. The Morgan fingerprint density at radius 3 is 1.17 bits per heavy atom. The van der Waals surface area contributed by atoms with Crippen LogP contribution >= 0.6 is 139 Å². The van der Waals surface area contributed by atoms with Crippen molar-refractivity contribution in [3.8, 4) is 0 Å². The number of Topliss-reactive ketones (excluding diaryl/α,β-unsaturated/α-hetero) is 1. The van der Waals surface area contributed by atoms with E-state index in [2.05, 4.69) is 133 Å². The smallest absolute Gasteiger partial charge is 0.132 e. The molecule has 632 valence electrons. The van der Waals surface area contributed by atoms with Crippen molar-refractivity contribution >= 4 is 168 Å². The Labute approximate surface area is 767 Å². The molecule has 4 atom stereocenters. The SMILES string of the molecule is CC(=O)C1CCC(N(C)CC(Nc2ccc(Cl)cc2Cl)c2ccc(Cl)cc2)CC1.CC(C)C1CCC(N2CCN(c3ccc(Cl)cc3Cl)C(c3ccc(Cl)cc3)C2)CC1.Clc1ccc(C2CN(C3C4CCCC3CCC4)CCN2c2ccc(Cl)cc2Cl)cc1.Clc1ccc(C2CN(C3Cc4ccccc4C3)CCN2c2ccc(Cl)cc2Cl)cc1. The third-order valence-corrected chi connectivity index (χ3v) is 30.2. The molecule has 0 aromatic heterocycles. The van der Waals surface area contributed by atoms with Gasteiger partial charge in [0.1, 0.15) is 5.78 Å². The fraction of sp³-hybridized carbons (Fsp3) is 0.439. The zero-order chi connectivity index (χ0) is 83.5. The van der Waals surface area contributed by atoms with Crippen LogP contribution in [-0.4, -0.2) is 122 Å². The first-order valence-corrected chi connectivity index (χ1v) is 47.4. The number of rotatable bonds is 17. The minimum absolute atomic E-state index is 0.0430. The Hall–Kier alpha value is -4.83. The number of nitrogens with one attached hydrogen (secondary N) is 1. The van der Waals surface area contributed by atoms with Gasteiger partial charge in [0.15, 0.2) is 0 Å². The number of likely N-dealkylation sites (N-methyl/N-ethyl adjacent to an activating group) is 1. The van der Waals surface area contributed by atoms with Crippen LogP contribution in [-0.2, 0) is 17.6 Å². The molecule has 119 heavy (non-hydrogen) atoms. The van der Waals surface area contributed by atoms with E-state index in [4.69, 9.17) is 139 Å². The molecule has 21 heteroatoms. The van der Waals surface area contributed by atoms with E-state index in [-0.39, 0.29) is 30.1 Å². The summed E-state index contributed by atoms with van der Waals surface area (Å²) in [5, 5.41) is 12.0. The first-order valence-electron chi connectivity index (χ1n) is 42.8. The second-order valence-electron chi connectivity index (χ2n) is 34.5. The highest BCUT2D eigenvalue weighted by Crippen LogP contribution is 2.48. The third kappa shape index (κ3) is 23.3. The van der Waals surface area contributed by atoms with E-state index in [9.17, 15) is 4.79 Å². The molecule has 3 heterocycles. The van der Waals surface area contributed by atoms with Crippen LogP contribution in [0, 0.1) is 29.6 Å². The highest BCUT2D eigenvalue weighted by Gasteiger charge is 2.44. The lowest BCUT2D eigenvalue weighted by Gasteiger charge is -2.53. The molecule has 9 aromatic carbocycles. The van der Waals surface area contributed by atoms with Gasteiger partial charge in [-0.1, -0.05) is 239 Å². The lowest BCUT2D eigenvalue weighted by atomic mass is 9.67. The van der Waals surface area contributed by atoms with Crippen molar-refractivity contribution < 1.29 is 4.79 Å². The van der Waals surface area contributed by atoms with E-state index in [0.717, 1.165) is 182 Å². The van der Waals surface area contributed by atoms with Gasteiger partial charge in [0, 0.05) is 136 Å². The van der Waals surface area contributed by atoms with E-state index >= 15 is 0 Å². The summed E-state index contributed by atoms with van der Waals surface area (Å²) in [7, 11) is 2.16. The molecular formula is C98H110Cl12N8O. The average molecular weight is 1840 g/mol. The summed E-state index contributed by atoms with van der Waals surface area (Å²) >= 11 is 75.4. The Kier molecular flexibility index (Phi) is 32.2. The maximum Gasteiger partial charge on any atom is 0.132 e. The molecule has 2 bridgehead atoms. The van der Waals surface area contributed by atoms with Gasteiger partial charge in [0.25, 0.3) is 0 Å². The number of piperazine rings is 3. The fourth-order valence-electron chi connectivity index (χ4n) is 20.5. The second-order valence-corrected chi connectivity index (χ2v) is 39.6. The molecule has 4 saturated carbocycles. The summed E-state index contributed by atoms with van der Waals surface area (Å²) in [6, 6.07) is 67.9.